The summed E-state index contributed by atoms with van der Waals surface area (Å²) in [6.07, 6.45) is 3.41. The first-order valence-electron chi connectivity index (χ1n) is 6.54. The molecule has 3 aromatic rings. The standard InChI is InChI=1S/C14H14N6O/c1-2-19-8-11(13(15)16-14(19)21)12-9-20(18-17-12)10-6-4-3-5-7-10/h3-9H,2H2,1H3,(H2,15,16,21). The summed E-state index contributed by atoms with van der Waals surface area (Å²) >= 11 is 0. The molecule has 21 heavy (non-hydrogen) atoms. The molecule has 1 aromatic carbocycles. The molecule has 0 spiro atoms. The minimum absolute atomic E-state index is 0.157. The van der Waals surface area contributed by atoms with Gasteiger partial charge in [0, 0.05) is 12.7 Å². The number of nitrogens with zero attached hydrogens (tertiary/aromatic N) is 5. The molecular weight excluding hydrogens is 268 g/mol. The Hall–Kier alpha value is -2.96. The summed E-state index contributed by atoms with van der Waals surface area (Å²) in [5.74, 6) is 0.157. The third-order valence-corrected chi connectivity index (χ3v) is 3.15. The predicted octanol–water partition coefficient (Wildman–Crippen LogP) is 1.09. The minimum Gasteiger partial charge on any atom is -0.383 e. The van der Waals surface area contributed by atoms with Crippen LogP contribution in [0, 0.1) is 0 Å². The van der Waals surface area contributed by atoms with E-state index >= 15 is 0 Å². The van der Waals surface area contributed by atoms with Gasteiger partial charge in [-0.05, 0) is 19.1 Å². The molecule has 0 saturated carbocycles. The molecule has 0 aliphatic heterocycles. The van der Waals surface area contributed by atoms with Crippen LogP contribution in [-0.2, 0) is 6.54 Å². The van der Waals surface area contributed by atoms with Crippen molar-refractivity contribution >= 4 is 5.82 Å². The second-order valence-corrected chi connectivity index (χ2v) is 4.49. The Kier molecular flexibility index (Phi) is 3.23. The van der Waals surface area contributed by atoms with Gasteiger partial charge in [0.15, 0.2) is 0 Å². The third-order valence-electron chi connectivity index (χ3n) is 3.15. The fourth-order valence-electron chi connectivity index (χ4n) is 2.02. The van der Waals surface area contributed by atoms with Gasteiger partial charge in [-0.2, -0.15) is 4.98 Å². The van der Waals surface area contributed by atoms with Crippen LogP contribution >= 0.6 is 0 Å². The van der Waals surface area contributed by atoms with E-state index in [1.165, 1.54) is 4.57 Å². The van der Waals surface area contributed by atoms with Crippen LogP contribution in [-0.4, -0.2) is 24.5 Å². The smallest absolute Gasteiger partial charge is 0.349 e. The average Bonchev–Trinajstić information content (AvgIpc) is 2.98. The number of nitrogen functional groups attached to an aromatic ring is 1. The number of aryl methyl sites for hydroxylation is 1. The molecule has 0 aliphatic rings. The zero-order valence-corrected chi connectivity index (χ0v) is 11.5. The van der Waals surface area contributed by atoms with E-state index in [2.05, 4.69) is 15.3 Å². The number of hydrogen-bond donors (Lipinski definition) is 1. The molecule has 106 valence electrons. The Morgan fingerprint density at radius 1 is 1.19 bits per heavy atom. The van der Waals surface area contributed by atoms with Gasteiger partial charge in [0.2, 0.25) is 0 Å². The second-order valence-electron chi connectivity index (χ2n) is 4.49. The molecule has 0 atom stereocenters. The van der Waals surface area contributed by atoms with E-state index in [-0.39, 0.29) is 11.5 Å². The fraction of sp³-hybridized carbons (Fsp3) is 0.143. The van der Waals surface area contributed by atoms with Gasteiger partial charge in [-0.1, -0.05) is 23.4 Å². The van der Waals surface area contributed by atoms with E-state index in [1.54, 1.807) is 17.1 Å². The van der Waals surface area contributed by atoms with E-state index in [0.717, 1.165) is 5.69 Å². The SMILES string of the molecule is CCn1cc(-c2cn(-c3ccccc3)nn2)c(N)nc1=O. The monoisotopic (exact) mass is 282 g/mol. The van der Waals surface area contributed by atoms with Crippen molar-refractivity contribution in [3.8, 4) is 16.9 Å². The van der Waals surface area contributed by atoms with Crippen molar-refractivity contribution in [1.29, 1.82) is 0 Å². The third kappa shape index (κ3) is 2.40. The van der Waals surface area contributed by atoms with Gasteiger partial charge in [-0.25, -0.2) is 9.48 Å². The number of aromatic nitrogens is 5. The van der Waals surface area contributed by atoms with Crippen molar-refractivity contribution < 1.29 is 0 Å². The largest absolute Gasteiger partial charge is 0.383 e. The maximum atomic E-state index is 11.6. The molecule has 7 nitrogen and oxygen atoms in total. The highest BCUT2D eigenvalue weighted by Crippen LogP contribution is 2.21. The zero-order valence-electron chi connectivity index (χ0n) is 11.5. The van der Waals surface area contributed by atoms with E-state index in [9.17, 15) is 4.79 Å². The lowest BCUT2D eigenvalue weighted by molar-refractivity contribution is 0.702. The number of anilines is 1. The first-order chi connectivity index (χ1) is 10.2. The molecule has 0 unspecified atom stereocenters. The predicted molar refractivity (Wildman–Crippen MR) is 78.9 cm³/mol. The quantitative estimate of drug-likeness (QED) is 0.776. The first kappa shape index (κ1) is 13.0. The fourth-order valence-corrected chi connectivity index (χ4v) is 2.02. The Balaban J connectivity index is 2.06. The van der Waals surface area contributed by atoms with Crippen LogP contribution in [0.4, 0.5) is 5.82 Å². The summed E-state index contributed by atoms with van der Waals surface area (Å²) in [5, 5.41) is 8.18. The van der Waals surface area contributed by atoms with Crippen molar-refractivity contribution in [2.75, 3.05) is 5.73 Å². The molecule has 7 heteroatoms. The number of hydrogen-bond acceptors (Lipinski definition) is 5. The maximum Gasteiger partial charge on any atom is 0.349 e. The van der Waals surface area contributed by atoms with Gasteiger partial charge in [-0.15, -0.1) is 5.10 Å². The molecule has 0 saturated heterocycles. The molecule has 2 heterocycles. The topological polar surface area (TPSA) is 91.6 Å². The van der Waals surface area contributed by atoms with Crippen LogP contribution in [0.3, 0.4) is 0 Å². The number of para-hydroxylation sites is 1. The summed E-state index contributed by atoms with van der Waals surface area (Å²) in [7, 11) is 0. The molecule has 3 rings (SSSR count). The summed E-state index contributed by atoms with van der Waals surface area (Å²) in [6.45, 7) is 2.38. The molecule has 0 amide bonds. The number of rotatable bonds is 3. The van der Waals surface area contributed by atoms with Gasteiger partial charge < -0.3 is 5.73 Å². The van der Waals surface area contributed by atoms with E-state index in [4.69, 9.17) is 5.73 Å². The van der Waals surface area contributed by atoms with Gasteiger partial charge in [-0.3, -0.25) is 4.57 Å². The Morgan fingerprint density at radius 3 is 2.67 bits per heavy atom. The highest BCUT2D eigenvalue weighted by molar-refractivity contribution is 5.69. The maximum absolute atomic E-state index is 11.6. The highest BCUT2D eigenvalue weighted by Gasteiger charge is 2.12. The van der Waals surface area contributed by atoms with E-state index < -0.39 is 0 Å². The van der Waals surface area contributed by atoms with Gasteiger partial charge in [0.25, 0.3) is 0 Å². The van der Waals surface area contributed by atoms with Crippen molar-refractivity contribution in [2.45, 2.75) is 13.5 Å². The molecule has 0 radical (unpaired) electrons. The summed E-state index contributed by atoms with van der Waals surface area (Å²) < 4.78 is 3.13. The van der Waals surface area contributed by atoms with Gasteiger partial charge in [0.05, 0.1) is 17.4 Å². The Bertz CT molecular complexity index is 821. The minimum atomic E-state index is -0.366. The van der Waals surface area contributed by atoms with Crippen LogP contribution in [0.2, 0.25) is 0 Å². The Labute approximate surface area is 120 Å². The lowest BCUT2D eigenvalue weighted by atomic mass is 10.2. The molecule has 2 aromatic heterocycles. The molecular formula is C14H14N6O. The average molecular weight is 282 g/mol. The molecule has 0 bridgehead atoms. The van der Waals surface area contributed by atoms with Crippen molar-refractivity contribution in [3.05, 3.63) is 53.2 Å². The van der Waals surface area contributed by atoms with Crippen LogP contribution in [0.1, 0.15) is 6.92 Å². The van der Waals surface area contributed by atoms with Gasteiger partial charge >= 0.3 is 5.69 Å². The van der Waals surface area contributed by atoms with Crippen LogP contribution in [0.5, 0.6) is 0 Å². The second kappa shape index (κ2) is 5.20. The van der Waals surface area contributed by atoms with Crippen molar-refractivity contribution in [3.63, 3.8) is 0 Å². The molecule has 0 fully saturated rings. The highest BCUT2D eigenvalue weighted by atomic mass is 16.1. The van der Waals surface area contributed by atoms with E-state index in [0.29, 0.717) is 17.8 Å². The van der Waals surface area contributed by atoms with Crippen LogP contribution in [0.15, 0.2) is 47.5 Å². The number of nitrogens with two attached hydrogens (primary N) is 1. The number of benzene rings is 1. The summed E-state index contributed by atoms with van der Waals surface area (Å²) in [4.78, 5) is 15.4. The van der Waals surface area contributed by atoms with E-state index in [1.807, 2.05) is 37.3 Å². The summed E-state index contributed by atoms with van der Waals surface area (Å²) in [6, 6.07) is 9.62. The molecule has 2 N–H and O–H groups in total. The van der Waals surface area contributed by atoms with Crippen molar-refractivity contribution in [1.82, 2.24) is 24.5 Å². The van der Waals surface area contributed by atoms with Gasteiger partial charge in [0.1, 0.15) is 11.5 Å². The van der Waals surface area contributed by atoms with Crippen LogP contribution in [0.25, 0.3) is 16.9 Å². The Morgan fingerprint density at radius 2 is 1.95 bits per heavy atom. The normalized spacial score (nSPS) is 10.7. The zero-order chi connectivity index (χ0) is 14.8. The summed E-state index contributed by atoms with van der Waals surface area (Å²) in [5.41, 5.74) is 7.52. The van der Waals surface area contributed by atoms with Crippen molar-refractivity contribution in [2.24, 2.45) is 0 Å². The lowest BCUT2D eigenvalue weighted by Gasteiger charge is -2.05. The molecule has 0 aliphatic carbocycles. The first-order valence-corrected chi connectivity index (χ1v) is 6.54. The lowest BCUT2D eigenvalue weighted by Crippen LogP contribution is -2.23. The van der Waals surface area contributed by atoms with Crippen LogP contribution < -0.4 is 11.4 Å².